The lowest BCUT2D eigenvalue weighted by Crippen LogP contribution is -2.55. The Hall–Kier alpha value is -2.02. The van der Waals surface area contributed by atoms with Crippen LogP contribution in [0.5, 0.6) is 0 Å². The van der Waals surface area contributed by atoms with E-state index in [1.54, 1.807) is 4.90 Å². The molecule has 2 heterocycles. The Labute approximate surface area is 146 Å². The van der Waals surface area contributed by atoms with Crippen molar-refractivity contribution < 1.29 is 18.4 Å². The SMILES string of the molecule is C[C@@H]1CNCCN1C(=O)C1CCN(C(=O)c2ccc(F)cc2F)CC1. The summed E-state index contributed by atoms with van der Waals surface area (Å²) in [6.07, 6.45) is 1.15. The van der Waals surface area contributed by atoms with Gasteiger partial charge in [-0.25, -0.2) is 8.78 Å². The molecule has 5 nitrogen and oxygen atoms in total. The Balaban J connectivity index is 1.59. The number of halogens is 2. The minimum atomic E-state index is -0.849. The van der Waals surface area contributed by atoms with Crippen LogP contribution in [0, 0.1) is 17.6 Å². The van der Waals surface area contributed by atoms with Crippen LogP contribution in [-0.4, -0.2) is 60.4 Å². The molecular formula is C18H23F2N3O2. The maximum absolute atomic E-state index is 13.8. The number of rotatable bonds is 2. The number of carbonyl (C=O) groups is 2. The Morgan fingerprint density at radius 2 is 1.88 bits per heavy atom. The number of nitrogens with one attached hydrogen (secondary N) is 1. The Morgan fingerprint density at radius 1 is 1.16 bits per heavy atom. The number of carbonyl (C=O) groups excluding carboxylic acids is 2. The van der Waals surface area contributed by atoms with Crippen molar-refractivity contribution >= 4 is 11.8 Å². The second-order valence-corrected chi connectivity index (χ2v) is 6.78. The molecule has 1 N–H and O–H groups in total. The Kier molecular flexibility index (Phi) is 5.32. The van der Waals surface area contributed by atoms with E-state index >= 15 is 0 Å². The molecule has 1 atom stereocenters. The van der Waals surface area contributed by atoms with Crippen molar-refractivity contribution in [2.24, 2.45) is 5.92 Å². The maximum Gasteiger partial charge on any atom is 0.256 e. The third-order valence-electron chi connectivity index (χ3n) is 5.08. The van der Waals surface area contributed by atoms with Gasteiger partial charge in [0.1, 0.15) is 11.6 Å². The van der Waals surface area contributed by atoms with Gasteiger partial charge in [0.05, 0.1) is 5.56 Å². The van der Waals surface area contributed by atoms with E-state index in [0.717, 1.165) is 25.2 Å². The predicted octanol–water partition coefficient (Wildman–Crippen LogP) is 1.64. The fourth-order valence-electron chi connectivity index (χ4n) is 3.57. The molecule has 0 saturated carbocycles. The molecule has 2 fully saturated rings. The van der Waals surface area contributed by atoms with Crippen molar-refractivity contribution in [3.8, 4) is 0 Å². The molecule has 2 amide bonds. The van der Waals surface area contributed by atoms with E-state index in [1.807, 2.05) is 11.8 Å². The van der Waals surface area contributed by atoms with Gasteiger partial charge >= 0.3 is 0 Å². The lowest BCUT2D eigenvalue weighted by atomic mass is 9.94. The first-order chi connectivity index (χ1) is 12.0. The molecule has 7 heteroatoms. The van der Waals surface area contributed by atoms with Gasteiger partial charge in [-0.2, -0.15) is 0 Å². The molecule has 0 spiro atoms. The highest BCUT2D eigenvalue weighted by molar-refractivity contribution is 5.94. The van der Waals surface area contributed by atoms with Crippen molar-refractivity contribution in [1.29, 1.82) is 0 Å². The van der Waals surface area contributed by atoms with Crippen LogP contribution in [0.15, 0.2) is 18.2 Å². The summed E-state index contributed by atoms with van der Waals surface area (Å²) in [4.78, 5) is 28.6. The first kappa shape index (κ1) is 17.8. The summed E-state index contributed by atoms with van der Waals surface area (Å²) in [7, 11) is 0. The van der Waals surface area contributed by atoms with Gasteiger partial charge in [0.25, 0.3) is 5.91 Å². The van der Waals surface area contributed by atoms with E-state index < -0.39 is 17.5 Å². The molecule has 0 aliphatic carbocycles. The molecular weight excluding hydrogens is 328 g/mol. The van der Waals surface area contributed by atoms with Gasteiger partial charge in [0.15, 0.2) is 0 Å². The third-order valence-corrected chi connectivity index (χ3v) is 5.08. The van der Waals surface area contributed by atoms with Gasteiger partial charge in [-0.3, -0.25) is 9.59 Å². The molecule has 2 saturated heterocycles. The second-order valence-electron chi connectivity index (χ2n) is 6.78. The summed E-state index contributed by atoms with van der Waals surface area (Å²) >= 11 is 0. The minimum absolute atomic E-state index is 0.0948. The standard InChI is InChI=1S/C18H23F2N3O2/c1-12-11-21-6-9-23(12)17(24)13-4-7-22(8-5-13)18(25)15-3-2-14(19)10-16(15)20/h2-3,10,12-13,21H,4-9,11H2,1H3/t12-/m1/s1. The zero-order valence-corrected chi connectivity index (χ0v) is 14.3. The molecule has 136 valence electrons. The summed E-state index contributed by atoms with van der Waals surface area (Å²) in [6, 6.07) is 3.15. The number of hydrogen-bond acceptors (Lipinski definition) is 3. The molecule has 1 aromatic carbocycles. The van der Waals surface area contributed by atoms with Crippen molar-refractivity contribution in [2.45, 2.75) is 25.8 Å². The lowest BCUT2D eigenvalue weighted by molar-refractivity contribution is -0.139. The van der Waals surface area contributed by atoms with E-state index in [2.05, 4.69) is 5.32 Å². The average molecular weight is 351 g/mol. The van der Waals surface area contributed by atoms with Crippen LogP contribution in [0.4, 0.5) is 8.78 Å². The van der Waals surface area contributed by atoms with Crippen LogP contribution in [0.25, 0.3) is 0 Å². The molecule has 0 aromatic heterocycles. The highest BCUT2D eigenvalue weighted by Gasteiger charge is 2.33. The average Bonchev–Trinajstić information content (AvgIpc) is 2.61. The third kappa shape index (κ3) is 3.81. The monoisotopic (exact) mass is 351 g/mol. The minimum Gasteiger partial charge on any atom is -0.339 e. The number of amides is 2. The van der Waals surface area contributed by atoms with E-state index in [-0.39, 0.29) is 23.4 Å². The van der Waals surface area contributed by atoms with Crippen molar-refractivity contribution in [3.63, 3.8) is 0 Å². The summed E-state index contributed by atoms with van der Waals surface area (Å²) in [5.74, 6) is -1.95. The number of piperazine rings is 1. The molecule has 0 radical (unpaired) electrons. The van der Waals surface area contributed by atoms with E-state index in [4.69, 9.17) is 0 Å². The highest BCUT2D eigenvalue weighted by Crippen LogP contribution is 2.23. The highest BCUT2D eigenvalue weighted by atomic mass is 19.1. The first-order valence-corrected chi connectivity index (χ1v) is 8.73. The fourth-order valence-corrected chi connectivity index (χ4v) is 3.57. The van der Waals surface area contributed by atoms with Crippen LogP contribution in [0.1, 0.15) is 30.1 Å². The normalized spacial score (nSPS) is 22.1. The van der Waals surface area contributed by atoms with Crippen LogP contribution < -0.4 is 5.32 Å². The Bertz CT molecular complexity index is 660. The second kappa shape index (κ2) is 7.47. The number of piperidine rings is 1. The quantitative estimate of drug-likeness (QED) is 0.881. The van der Waals surface area contributed by atoms with Gasteiger partial charge in [0, 0.05) is 50.7 Å². The van der Waals surface area contributed by atoms with Gasteiger partial charge < -0.3 is 15.1 Å². The number of benzene rings is 1. The molecule has 2 aliphatic rings. The predicted molar refractivity (Wildman–Crippen MR) is 89.0 cm³/mol. The van der Waals surface area contributed by atoms with Gasteiger partial charge in [-0.05, 0) is 31.9 Å². The van der Waals surface area contributed by atoms with Crippen LogP contribution in [-0.2, 0) is 4.79 Å². The largest absolute Gasteiger partial charge is 0.339 e. The molecule has 1 aromatic rings. The van der Waals surface area contributed by atoms with Crippen molar-refractivity contribution in [2.75, 3.05) is 32.7 Å². The number of likely N-dealkylation sites (tertiary alicyclic amines) is 1. The van der Waals surface area contributed by atoms with Gasteiger partial charge in [-0.1, -0.05) is 0 Å². The lowest BCUT2D eigenvalue weighted by Gasteiger charge is -2.39. The number of nitrogens with zero attached hydrogens (tertiary/aromatic N) is 2. The smallest absolute Gasteiger partial charge is 0.256 e. The van der Waals surface area contributed by atoms with Crippen LogP contribution in [0.3, 0.4) is 0 Å². The van der Waals surface area contributed by atoms with Gasteiger partial charge in [-0.15, -0.1) is 0 Å². The van der Waals surface area contributed by atoms with E-state index in [0.29, 0.717) is 32.5 Å². The topological polar surface area (TPSA) is 52.7 Å². The first-order valence-electron chi connectivity index (χ1n) is 8.73. The number of hydrogen-bond donors (Lipinski definition) is 1. The van der Waals surface area contributed by atoms with Crippen LogP contribution >= 0.6 is 0 Å². The summed E-state index contributed by atoms with van der Waals surface area (Å²) in [5, 5.41) is 3.26. The Morgan fingerprint density at radius 3 is 2.52 bits per heavy atom. The molecule has 2 aliphatic heterocycles. The van der Waals surface area contributed by atoms with Crippen molar-refractivity contribution in [3.05, 3.63) is 35.4 Å². The zero-order chi connectivity index (χ0) is 18.0. The summed E-state index contributed by atoms with van der Waals surface area (Å²) in [5.41, 5.74) is -0.123. The van der Waals surface area contributed by atoms with E-state index in [9.17, 15) is 18.4 Å². The van der Waals surface area contributed by atoms with Gasteiger partial charge in [0.2, 0.25) is 5.91 Å². The molecule has 3 rings (SSSR count). The summed E-state index contributed by atoms with van der Waals surface area (Å²) < 4.78 is 26.8. The zero-order valence-electron chi connectivity index (χ0n) is 14.3. The summed E-state index contributed by atoms with van der Waals surface area (Å²) in [6.45, 7) is 5.16. The molecule has 0 bridgehead atoms. The molecule has 25 heavy (non-hydrogen) atoms. The van der Waals surface area contributed by atoms with E-state index in [1.165, 1.54) is 6.07 Å². The maximum atomic E-state index is 13.8. The fraction of sp³-hybridized carbons (Fsp3) is 0.556. The van der Waals surface area contributed by atoms with Crippen LogP contribution in [0.2, 0.25) is 0 Å². The van der Waals surface area contributed by atoms with Crippen molar-refractivity contribution in [1.82, 2.24) is 15.1 Å². The molecule has 0 unspecified atom stereocenters.